The van der Waals surface area contributed by atoms with Crippen molar-refractivity contribution in [1.29, 1.82) is 0 Å². The van der Waals surface area contributed by atoms with Gasteiger partial charge >= 0.3 is 0 Å². The van der Waals surface area contributed by atoms with Crippen LogP contribution in [0.3, 0.4) is 0 Å². The highest BCUT2D eigenvalue weighted by atomic mass is 35.5. The van der Waals surface area contributed by atoms with Gasteiger partial charge in [0, 0.05) is 26.2 Å². The first-order valence-corrected chi connectivity index (χ1v) is 9.03. The van der Waals surface area contributed by atoms with Gasteiger partial charge in [-0.2, -0.15) is 0 Å². The van der Waals surface area contributed by atoms with Crippen LogP contribution < -0.4 is 5.32 Å². The number of piperazine rings is 1. The number of carbonyl (C=O) groups is 2. The fraction of sp³-hybridized carbons (Fsp3) is 0.529. The third-order valence-corrected chi connectivity index (χ3v) is 5.42. The van der Waals surface area contributed by atoms with Crippen molar-refractivity contribution in [1.82, 2.24) is 9.80 Å². The van der Waals surface area contributed by atoms with Gasteiger partial charge in [-0.1, -0.05) is 36.2 Å². The van der Waals surface area contributed by atoms with Crippen molar-refractivity contribution < 1.29 is 9.59 Å². The number of para-hydroxylation sites is 1. The minimum Gasteiger partial charge on any atom is -0.340 e. The first-order chi connectivity index (χ1) is 11.5. The summed E-state index contributed by atoms with van der Waals surface area (Å²) in [5.41, 5.74) is 0.417. The van der Waals surface area contributed by atoms with Crippen LogP contribution in [0.2, 0.25) is 10.0 Å². The Morgan fingerprint density at radius 2 is 1.75 bits per heavy atom. The van der Waals surface area contributed by atoms with Crippen molar-refractivity contribution in [3.05, 3.63) is 28.2 Å². The number of rotatable bonds is 4. The molecule has 1 saturated carbocycles. The zero-order valence-corrected chi connectivity index (χ0v) is 15.1. The number of nitrogens with zero attached hydrogens (tertiary/aromatic N) is 2. The van der Waals surface area contributed by atoms with Crippen LogP contribution in [-0.2, 0) is 9.59 Å². The Balaban J connectivity index is 1.55. The Morgan fingerprint density at radius 1 is 1.12 bits per heavy atom. The standard InChI is InChI=1S/C17H21Cl2N3O2/c1-2-21-6-8-22(9-7-21)17(24)12-10-11(12)16(23)20-15-13(18)4-3-5-14(15)19/h3-5,11-12H,2,6-10H2,1H3,(H,20,23). The fourth-order valence-electron chi connectivity index (χ4n) is 3.11. The molecule has 1 saturated heterocycles. The molecule has 1 heterocycles. The van der Waals surface area contributed by atoms with Gasteiger partial charge in [0.15, 0.2) is 0 Å². The molecule has 1 aliphatic carbocycles. The van der Waals surface area contributed by atoms with Gasteiger partial charge in [0.2, 0.25) is 11.8 Å². The largest absolute Gasteiger partial charge is 0.340 e. The van der Waals surface area contributed by atoms with Crippen molar-refractivity contribution in [3.63, 3.8) is 0 Å². The van der Waals surface area contributed by atoms with Gasteiger partial charge < -0.3 is 15.1 Å². The van der Waals surface area contributed by atoms with Crippen LogP contribution in [0.25, 0.3) is 0 Å². The van der Waals surface area contributed by atoms with E-state index in [9.17, 15) is 9.59 Å². The van der Waals surface area contributed by atoms with E-state index < -0.39 is 0 Å². The Bertz CT molecular complexity index is 624. The minimum absolute atomic E-state index is 0.0937. The molecule has 2 fully saturated rings. The lowest BCUT2D eigenvalue weighted by Crippen LogP contribution is -2.49. The number of hydrogen-bond acceptors (Lipinski definition) is 3. The summed E-state index contributed by atoms with van der Waals surface area (Å²) in [6, 6.07) is 5.07. The summed E-state index contributed by atoms with van der Waals surface area (Å²) in [7, 11) is 0. The molecule has 24 heavy (non-hydrogen) atoms. The van der Waals surface area contributed by atoms with Gasteiger partial charge in [-0.25, -0.2) is 0 Å². The van der Waals surface area contributed by atoms with E-state index in [1.54, 1.807) is 18.2 Å². The number of benzene rings is 1. The van der Waals surface area contributed by atoms with Crippen molar-refractivity contribution >= 4 is 40.7 Å². The molecular weight excluding hydrogens is 349 g/mol. The number of halogens is 2. The number of carbonyl (C=O) groups excluding carboxylic acids is 2. The van der Waals surface area contributed by atoms with Crippen LogP contribution in [-0.4, -0.2) is 54.3 Å². The molecule has 2 unspecified atom stereocenters. The van der Waals surface area contributed by atoms with Crippen LogP contribution in [0, 0.1) is 11.8 Å². The molecule has 0 radical (unpaired) electrons. The van der Waals surface area contributed by atoms with E-state index in [-0.39, 0.29) is 23.7 Å². The zero-order chi connectivity index (χ0) is 17.3. The highest BCUT2D eigenvalue weighted by molar-refractivity contribution is 6.39. The van der Waals surface area contributed by atoms with E-state index in [1.165, 1.54) is 0 Å². The van der Waals surface area contributed by atoms with E-state index in [4.69, 9.17) is 23.2 Å². The van der Waals surface area contributed by atoms with E-state index in [0.717, 1.165) is 32.7 Å². The van der Waals surface area contributed by atoms with Gasteiger partial charge in [-0.05, 0) is 25.1 Å². The molecule has 1 aromatic rings. The van der Waals surface area contributed by atoms with Crippen LogP contribution in [0.5, 0.6) is 0 Å². The lowest BCUT2D eigenvalue weighted by Gasteiger charge is -2.34. The third kappa shape index (κ3) is 3.68. The smallest absolute Gasteiger partial charge is 0.228 e. The quantitative estimate of drug-likeness (QED) is 0.887. The van der Waals surface area contributed by atoms with Gasteiger partial charge in [0.1, 0.15) is 0 Å². The van der Waals surface area contributed by atoms with Crippen LogP contribution in [0.15, 0.2) is 18.2 Å². The predicted octanol–water partition coefficient (Wildman–Crippen LogP) is 2.73. The molecule has 5 nitrogen and oxygen atoms in total. The molecule has 7 heteroatoms. The Labute approximate surface area is 151 Å². The molecule has 0 aromatic heterocycles. The number of anilines is 1. The van der Waals surface area contributed by atoms with Gasteiger partial charge in [0.05, 0.1) is 27.6 Å². The number of likely N-dealkylation sites (N-methyl/N-ethyl adjacent to an activating group) is 1. The van der Waals surface area contributed by atoms with Gasteiger partial charge in [-0.3, -0.25) is 9.59 Å². The summed E-state index contributed by atoms with van der Waals surface area (Å²) in [6.45, 7) is 6.43. The monoisotopic (exact) mass is 369 g/mol. The maximum atomic E-state index is 12.5. The molecule has 2 atom stereocenters. The molecule has 2 amide bonds. The molecule has 1 aliphatic heterocycles. The van der Waals surface area contributed by atoms with E-state index >= 15 is 0 Å². The van der Waals surface area contributed by atoms with Gasteiger partial charge in [0.25, 0.3) is 0 Å². The number of hydrogen-bond donors (Lipinski definition) is 1. The Kier molecular flexibility index (Phi) is 5.33. The summed E-state index contributed by atoms with van der Waals surface area (Å²) in [6.07, 6.45) is 0.598. The van der Waals surface area contributed by atoms with Crippen molar-refractivity contribution in [2.75, 3.05) is 38.0 Å². The van der Waals surface area contributed by atoms with Crippen LogP contribution >= 0.6 is 23.2 Å². The molecule has 1 N–H and O–H groups in total. The molecule has 0 spiro atoms. The van der Waals surface area contributed by atoms with Gasteiger partial charge in [-0.15, -0.1) is 0 Å². The summed E-state index contributed by atoms with van der Waals surface area (Å²) in [4.78, 5) is 29.1. The molecule has 0 bridgehead atoms. The summed E-state index contributed by atoms with van der Waals surface area (Å²) in [5, 5.41) is 3.56. The number of amides is 2. The molecular formula is C17H21Cl2N3O2. The second kappa shape index (κ2) is 7.30. The SMILES string of the molecule is CCN1CCN(C(=O)C2CC2C(=O)Nc2c(Cl)cccc2Cl)CC1. The highest BCUT2D eigenvalue weighted by Gasteiger charge is 2.49. The summed E-state index contributed by atoms with van der Waals surface area (Å²) >= 11 is 12.1. The van der Waals surface area contributed by atoms with Crippen molar-refractivity contribution in [2.24, 2.45) is 11.8 Å². The lowest BCUT2D eigenvalue weighted by molar-refractivity contribution is -0.135. The highest BCUT2D eigenvalue weighted by Crippen LogP contribution is 2.42. The Morgan fingerprint density at radius 3 is 2.33 bits per heavy atom. The normalized spacial score (nSPS) is 23.9. The number of nitrogens with one attached hydrogen (secondary N) is 1. The average molecular weight is 370 g/mol. The molecule has 130 valence electrons. The summed E-state index contributed by atoms with van der Waals surface area (Å²) in [5.74, 6) is -0.583. The fourth-order valence-corrected chi connectivity index (χ4v) is 3.60. The van der Waals surface area contributed by atoms with E-state index in [1.807, 2.05) is 4.90 Å². The van der Waals surface area contributed by atoms with E-state index in [0.29, 0.717) is 22.2 Å². The molecule has 3 rings (SSSR count). The first kappa shape index (κ1) is 17.5. The molecule has 1 aromatic carbocycles. The first-order valence-electron chi connectivity index (χ1n) is 8.27. The third-order valence-electron chi connectivity index (χ3n) is 4.79. The van der Waals surface area contributed by atoms with Crippen LogP contribution in [0.1, 0.15) is 13.3 Å². The lowest BCUT2D eigenvalue weighted by atomic mass is 10.2. The second-order valence-corrected chi connectivity index (χ2v) is 7.11. The van der Waals surface area contributed by atoms with Crippen molar-refractivity contribution in [2.45, 2.75) is 13.3 Å². The van der Waals surface area contributed by atoms with Crippen molar-refractivity contribution in [3.8, 4) is 0 Å². The second-order valence-electron chi connectivity index (χ2n) is 6.29. The zero-order valence-electron chi connectivity index (χ0n) is 13.6. The minimum atomic E-state index is -0.283. The topological polar surface area (TPSA) is 52.7 Å². The maximum Gasteiger partial charge on any atom is 0.228 e. The summed E-state index contributed by atoms with van der Waals surface area (Å²) < 4.78 is 0. The average Bonchev–Trinajstić information content (AvgIpc) is 3.38. The maximum absolute atomic E-state index is 12.5. The van der Waals surface area contributed by atoms with E-state index in [2.05, 4.69) is 17.1 Å². The predicted molar refractivity (Wildman–Crippen MR) is 95.4 cm³/mol. The Hall–Kier alpha value is -1.30. The van der Waals surface area contributed by atoms with Crippen LogP contribution in [0.4, 0.5) is 5.69 Å². The molecule has 2 aliphatic rings.